The van der Waals surface area contributed by atoms with Crippen LogP contribution in [0.1, 0.15) is 0 Å². The normalized spacial score (nSPS) is 12.0. The Hall–Kier alpha value is -13.0. The Morgan fingerprint density at radius 3 is 1.02 bits per heavy atom. The highest BCUT2D eigenvalue weighted by molar-refractivity contribution is 7.28. The van der Waals surface area contributed by atoms with E-state index in [2.05, 4.69) is 352 Å². The van der Waals surface area contributed by atoms with E-state index in [1.807, 2.05) is 68.0 Å². The van der Waals surface area contributed by atoms with Crippen LogP contribution in [0, 0.1) is 0 Å². The number of thiophene rings is 6. The summed E-state index contributed by atoms with van der Waals surface area (Å²) in [5.41, 5.74) is 21.2. The molecule has 16 aromatic carbocycles. The minimum Gasteiger partial charge on any atom is -0.228 e. The van der Waals surface area contributed by atoms with E-state index in [4.69, 9.17) is 19.9 Å². The number of nitrogens with zero attached hydrogens (tertiary/aromatic N) is 4. The van der Waals surface area contributed by atoms with Gasteiger partial charge in [0.1, 0.15) is 0 Å². The fraction of sp³-hybridized carbons (Fsp3) is 0. The third-order valence-electron chi connectivity index (χ3n) is 22.8. The molecule has 0 bridgehead atoms. The number of benzene rings is 16. The minimum atomic E-state index is 0.676. The van der Waals surface area contributed by atoms with Crippen LogP contribution in [0.4, 0.5) is 0 Å². The Kier molecular flexibility index (Phi) is 15.2. The molecular weight excluding hydrogens is 1500 g/mol. The van der Waals surface area contributed by atoms with Gasteiger partial charge in [0.2, 0.25) is 0 Å². The van der Waals surface area contributed by atoms with Gasteiger partial charge in [-0.15, -0.1) is 68.0 Å². The lowest BCUT2D eigenvalue weighted by molar-refractivity contribution is 1.18. The van der Waals surface area contributed by atoms with E-state index in [1.54, 1.807) is 0 Å². The van der Waals surface area contributed by atoms with Crippen molar-refractivity contribution in [1.29, 1.82) is 0 Å². The molecule has 114 heavy (non-hydrogen) atoms. The standard InChI is InChI=1S/C104H58N4S6/c1-3-20-59(21-4-1)103-105-87(57-89(107-103)82-52-61(62-44-49-95-84(53-62)71-26-9-11-38-91(71)109-95)42-47-66(82)63-45-50-96-85(55-63)72-27-10-12-39-92(72)110-96)65-46-51-97-86(56-65)80-36-18-33-77(100(80)113-97)79-35-17-34-78-76-32-15-28-67(98(76)114-101(78)79)64-43-48-68(73-29-16-30-74-69-24-7-13-40-93(69)111-99(73)74)83(54-64)90-58-88(106-104(108-90)60-22-5-2-6-23-60)81-37-19-31-75-70-25-8-14-41-94(70)112-102(75)81/h1-58H. The van der Waals surface area contributed by atoms with Crippen molar-refractivity contribution >= 4 is 189 Å². The van der Waals surface area contributed by atoms with Crippen LogP contribution >= 0.6 is 68.0 Å². The van der Waals surface area contributed by atoms with Crippen LogP contribution in [-0.4, -0.2) is 19.9 Å². The first-order chi connectivity index (χ1) is 56.4. The summed E-state index contributed by atoms with van der Waals surface area (Å²) in [4.78, 5) is 22.2. The van der Waals surface area contributed by atoms with Gasteiger partial charge in [-0.2, -0.15) is 0 Å². The summed E-state index contributed by atoms with van der Waals surface area (Å²) in [5, 5.41) is 15.0. The van der Waals surface area contributed by atoms with Gasteiger partial charge in [-0.25, -0.2) is 19.9 Å². The molecule has 0 unspecified atom stereocenters. The third-order valence-corrected chi connectivity index (χ3v) is 30.0. The molecule has 0 saturated heterocycles. The van der Waals surface area contributed by atoms with Crippen LogP contribution in [0.15, 0.2) is 352 Å². The Morgan fingerprint density at radius 1 is 0.140 bits per heavy atom. The zero-order chi connectivity index (χ0) is 74.6. The summed E-state index contributed by atoms with van der Waals surface area (Å²) >= 11 is 11.2. The monoisotopic (exact) mass is 1550 g/mol. The first kappa shape index (κ1) is 65.7. The van der Waals surface area contributed by atoms with E-state index in [1.165, 1.54) is 143 Å². The Morgan fingerprint density at radius 2 is 0.447 bits per heavy atom. The second-order valence-corrected chi connectivity index (χ2v) is 35.7. The number of aromatic nitrogens is 4. The molecule has 0 atom stereocenters. The molecule has 0 N–H and O–H groups in total. The lowest BCUT2D eigenvalue weighted by atomic mass is 9.91. The van der Waals surface area contributed by atoms with Crippen LogP contribution in [0.2, 0.25) is 0 Å². The maximum absolute atomic E-state index is 5.64. The van der Waals surface area contributed by atoms with Crippen LogP contribution in [0.25, 0.3) is 244 Å². The first-order valence-electron chi connectivity index (χ1n) is 38.2. The smallest absolute Gasteiger partial charge is 0.160 e. The van der Waals surface area contributed by atoms with Crippen molar-refractivity contribution in [1.82, 2.24) is 19.9 Å². The van der Waals surface area contributed by atoms with E-state index in [0.717, 1.165) is 89.5 Å². The van der Waals surface area contributed by atoms with Gasteiger partial charge >= 0.3 is 0 Å². The van der Waals surface area contributed by atoms with Crippen molar-refractivity contribution in [3.8, 4) is 123 Å². The predicted molar refractivity (Wildman–Crippen MR) is 495 cm³/mol. The lowest BCUT2D eigenvalue weighted by Crippen LogP contribution is -1.97. The minimum absolute atomic E-state index is 0.676. The highest BCUT2D eigenvalue weighted by Crippen LogP contribution is 2.52. The van der Waals surface area contributed by atoms with Crippen molar-refractivity contribution in [2.75, 3.05) is 0 Å². The molecule has 0 aliphatic rings. The molecule has 8 aromatic heterocycles. The summed E-state index contributed by atoms with van der Waals surface area (Å²) in [6.45, 7) is 0. The van der Waals surface area contributed by atoms with E-state index in [-0.39, 0.29) is 0 Å². The molecule has 0 amide bonds. The number of fused-ring (bicyclic) bond motifs is 18. The molecule has 0 spiro atoms. The van der Waals surface area contributed by atoms with Gasteiger partial charge in [0, 0.05) is 171 Å². The molecule has 4 nitrogen and oxygen atoms in total. The van der Waals surface area contributed by atoms with Gasteiger partial charge < -0.3 is 0 Å². The first-order valence-corrected chi connectivity index (χ1v) is 43.1. The van der Waals surface area contributed by atoms with Crippen molar-refractivity contribution in [2.45, 2.75) is 0 Å². The van der Waals surface area contributed by atoms with Crippen LogP contribution in [0.5, 0.6) is 0 Å². The summed E-state index contributed by atoms with van der Waals surface area (Å²) in [5.74, 6) is 1.36. The quantitative estimate of drug-likeness (QED) is 0.129. The topological polar surface area (TPSA) is 51.6 Å². The Bertz CT molecular complexity index is 8140. The second kappa shape index (κ2) is 26.3. The van der Waals surface area contributed by atoms with E-state index >= 15 is 0 Å². The van der Waals surface area contributed by atoms with E-state index in [0.29, 0.717) is 11.6 Å². The van der Waals surface area contributed by atoms with Crippen LogP contribution in [0.3, 0.4) is 0 Å². The maximum Gasteiger partial charge on any atom is 0.160 e. The second-order valence-electron chi connectivity index (χ2n) is 29.3. The fourth-order valence-electron chi connectivity index (χ4n) is 17.4. The molecule has 0 fully saturated rings. The lowest BCUT2D eigenvalue weighted by Gasteiger charge is -2.16. The van der Waals surface area contributed by atoms with Crippen LogP contribution < -0.4 is 0 Å². The molecule has 8 heterocycles. The van der Waals surface area contributed by atoms with Crippen molar-refractivity contribution in [3.63, 3.8) is 0 Å². The molecule has 530 valence electrons. The summed E-state index contributed by atoms with van der Waals surface area (Å²) in [6.07, 6.45) is 0. The summed E-state index contributed by atoms with van der Waals surface area (Å²) in [7, 11) is 0. The molecule has 24 rings (SSSR count). The number of rotatable bonds is 11. The van der Waals surface area contributed by atoms with Crippen molar-refractivity contribution in [2.24, 2.45) is 0 Å². The van der Waals surface area contributed by atoms with Gasteiger partial charge in [0.25, 0.3) is 0 Å². The molecule has 24 aromatic rings. The van der Waals surface area contributed by atoms with Crippen molar-refractivity contribution in [3.05, 3.63) is 352 Å². The van der Waals surface area contributed by atoms with Crippen LogP contribution in [-0.2, 0) is 0 Å². The third kappa shape index (κ3) is 10.7. The molecule has 0 aliphatic carbocycles. The Balaban J connectivity index is 0.650. The van der Waals surface area contributed by atoms with E-state index in [9.17, 15) is 0 Å². The SMILES string of the molecule is c1ccc(-c2nc(-c3ccc4sc5c(-c6cccc7c6sc6c(-c8ccc(-c9cccc%10c9sc9ccccc9%10)c(-c9cc(-c%10cccc%11c%10sc%10ccccc%10%11)nc(-c%10ccccc%10)n9)c8)cccc67)cccc5c4c3)cc(-c3cc(-c4ccc5sc6ccccc6c5c4)ccc3-c3ccc4sc5ccccc5c4c3)n2)cc1. The summed E-state index contributed by atoms with van der Waals surface area (Å²) < 4.78 is 15.1. The molecular formula is C104H58N4S6. The largest absolute Gasteiger partial charge is 0.228 e. The molecule has 0 aliphatic heterocycles. The zero-order valence-corrected chi connectivity index (χ0v) is 65.6. The predicted octanol–water partition coefficient (Wildman–Crippen LogP) is 31.8. The zero-order valence-electron chi connectivity index (χ0n) is 60.7. The molecule has 0 radical (unpaired) electrons. The number of hydrogen-bond acceptors (Lipinski definition) is 10. The highest BCUT2D eigenvalue weighted by atomic mass is 32.1. The highest BCUT2D eigenvalue weighted by Gasteiger charge is 2.25. The average Bonchev–Trinajstić information content (AvgIpc) is 1.56. The Labute approximate surface area is 678 Å². The van der Waals surface area contributed by atoms with Gasteiger partial charge in [0.15, 0.2) is 11.6 Å². The average molecular weight is 1560 g/mol. The van der Waals surface area contributed by atoms with Gasteiger partial charge in [-0.3, -0.25) is 0 Å². The van der Waals surface area contributed by atoms with E-state index < -0.39 is 0 Å². The van der Waals surface area contributed by atoms with Gasteiger partial charge in [-0.1, -0.05) is 267 Å². The van der Waals surface area contributed by atoms with Crippen molar-refractivity contribution < 1.29 is 0 Å². The fourth-order valence-corrected chi connectivity index (χ4v) is 24.6. The van der Waals surface area contributed by atoms with Gasteiger partial charge in [0.05, 0.1) is 22.8 Å². The molecule has 0 saturated carbocycles. The maximum atomic E-state index is 5.64. The molecule has 10 heteroatoms. The van der Waals surface area contributed by atoms with Gasteiger partial charge in [-0.05, 0) is 124 Å². The number of hydrogen-bond donors (Lipinski definition) is 0. The summed E-state index contributed by atoms with van der Waals surface area (Å²) in [6, 6.07) is 130.